The van der Waals surface area contributed by atoms with E-state index < -0.39 is 0 Å². The molecule has 1 aliphatic heterocycles. The van der Waals surface area contributed by atoms with E-state index in [0.29, 0.717) is 18.4 Å². The molecule has 1 saturated heterocycles. The molecule has 0 aliphatic carbocycles. The fourth-order valence-electron chi connectivity index (χ4n) is 2.06. The number of hydrogen-bond donors (Lipinski definition) is 1. The number of halogens is 1. The second kappa shape index (κ2) is 5.71. The molecule has 3 heterocycles. The molecule has 0 amide bonds. The number of thiophene rings is 1. The Balaban J connectivity index is 1.73. The maximum atomic E-state index is 5.96. The first-order valence-corrected chi connectivity index (χ1v) is 7.50. The van der Waals surface area contributed by atoms with E-state index in [9.17, 15) is 0 Å². The fraction of sp³-hybridized carbons (Fsp3) is 0.417. The van der Waals surface area contributed by atoms with Gasteiger partial charge in [-0.2, -0.15) is 15.0 Å². The van der Waals surface area contributed by atoms with Crippen molar-refractivity contribution in [3.05, 3.63) is 27.7 Å². The topological polar surface area (TPSA) is 53.9 Å². The van der Waals surface area contributed by atoms with Gasteiger partial charge in [-0.3, -0.25) is 0 Å². The number of aromatic nitrogens is 3. The molecule has 5 nitrogen and oxygen atoms in total. The molecule has 2 aromatic heterocycles. The molecule has 3 rings (SSSR count). The molecule has 2 aromatic rings. The smallest absolute Gasteiger partial charge is 0.231 e. The summed E-state index contributed by atoms with van der Waals surface area (Å²) in [5, 5.41) is 5.48. The van der Waals surface area contributed by atoms with Crippen molar-refractivity contribution >= 4 is 34.8 Å². The standard InChI is InChI=1S/C12H14ClN5S/c13-10-15-11(14-8-9-4-3-7-19-9)17-12(16-10)18-5-1-2-6-18/h3-4,7H,1-2,5-6,8H2,(H,14,15,16,17). The van der Waals surface area contributed by atoms with Gasteiger partial charge in [-0.25, -0.2) is 0 Å². The molecule has 1 aliphatic rings. The van der Waals surface area contributed by atoms with E-state index in [2.05, 4.69) is 31.2 Å². The molecule has 100 valence electrons. The maximum Gasteiger partial charge on any atom is 0.231 e. The van der Waals surface area contributed by atoms with Crippen LogP contribution < -0.4 is 10.2 Å². The van der Waals surface area contributed by atoms with E-state index in [-0.39, 0.29) is 5.28 Å². The van der Waals surface area contributed by atoms with Crippen LogP contribution in [0.25, 0.3) is 0 Å². The van der Waals surface area contributed by atoms with Crippen LogP contribution >= 0.6 is 22.9 Å². The molecule has 19 heavy (non-hydrogen) atoms. The Labute approximate surface area is 120 Å². The summed E-state index contributed by atoms with van der Waals surface area (Å²) in [5.74, 6) is 1.21. The van der Waals surface area contributed by atoms with Gasteiger partial charge < -0.3 is 10.2 Å². The van der Waals surface area contributed by atoms with E-state index in [1.165, 1.54) is 17.7 Å². The highest BCUT2D eigenvalue weighted by atomic mass is 35.5. The lowest BCUT2D eigenvalue weighted by molar-refractivity contribution is 0.877. The largest absolute Gasteiger partial charge is 0.349 e. The van der Waals surface area contributed by atoms with Crippen LogP contribution in [0, 0.1) is 0 Å². The first kappa shape index (κ1) is 12.6. The Morgan fingerprint density at radius 1 is 1.26 bits per heavy atom. The van der Waals surface area contributed by atoms with Gasteiger partial charge in [-0.15, -0.1) is 11.3 Å². The number of anilines is 2. The van der Waals surface area contributed by atoms with Crippen molar-refractivity contribution < 1.29 is 0 Å². The zero-order valence-electron chi connectivity index (χ0n) is 10.3. The van der Waals surface area contributed by atoms with E-state index in [1.807, 2.05) is 11.4 Å². The number of nitrogens with one attached hydrogen (secondary N) is 1. The summed E-state index contributed by atoms with van der Waals surface area (Å²) in [6.45, 7) is 2.69. The second-order valence-electron chi connectivity index (χ2n) is 4.36. The molecule has 0 saturated carbocycles. The summed E-state index contributed by atoms with van der Waals surface area (Å²) in [5.41, 5.74) is 0. The van der Waals surface area contributed by atoms with E-state index in [1.54, 1.807) is 11.3 Å². The summed E-state index contributed by atoms with van der Waals surface area (Å²) in [6.07, 6.45) is 2.36. The summed E-state index contributed by atoms with van der Waals surface area (Å²) >= 11 is 7.66. The molecule has 0 spiro atoms. The maximum absolute atomic E-state index is 5.96. The summed E-state index contributed by atoms with van der Waals surface area (Å²) in [4.78, 5) is 16.1. The molecule has 0 radical (unpaired) electrons. The van der Waals surface area contributed by atoms with Crippen molar-refractivity contribution in [2.24, 2.45) is 0 Å². The molecule has 0 atom stereocenters. The van der Waals surface area contributed by atoms with Crippen LogP contribution in [-0.2, 0) is 6.54 Å². The third kappa shape index (κ3) is 3.13. The molecule has 0 aromatic carbocycles. The van der Waals surface area contributed by atoms with Gasteiger partial charge in [-0.1, -0.05) is 6.07 Å². The first-order valence-electron chi connectivity index (χ1n) is 6.24. The fourth-order valence-corrected chi connectivity index (χ4v) is 2.86. The van der Waals surface area contributed by atoms with Gasteiger partial charge in [-0.05, 0) is 35.9 Å². The third-order valence-corrected chi connectivity index (χ3v) is 4.03. The van der Waals surface area contributed by atoms with Crippen molar-refractivity contribution in [1.82, 2.24) is 15.0 Å². The predicted octanol–water partition coefficient (Wildman–Crippen LogP) is 2.80. The molecule has 1 N–H and O–H groups in total. The highest BCUT2D eigenvalue weighted by Crippen LogP contribution is 2.19. The zero-order valence-corrected chi connectivity index (χ0v) is 11.9. The van der Waals surface area contributed by atoms with Crippen molar-refractivity contribution in [3.63, 3.8) is 0 Å². The van der Waals surface area contributed by atoms with E-state index >= 15 is 0 Å². The SMILES string of the molecule is Clc1nc(NCc2cccs2)nc(N2CCCC2)n1. The monoisotopic (exact) mass is 295 g/mol. The van der Waals surface area contributed by atoms with Crippen LogP contribution in [0.2, 0.25) is 5.28 Å². The lowest BCUT2D eigenvalue weighted by atomic mass is 10.4. The van der Waals surface area contributed by atoms with Crippen LogP contribution in [0.15, 0.2) is 17.5 Å². The van der Waals surface area contributed by atoms with Crippen molar-refractivity contribution in [2.45, 2.75) is 19.4 Å². The highest BCUT2D eigenvalue weighted by Gasteiger charge is 2.16. The molecule has 7 heteroatoms. The summed E-state index contributed by atoms with van der Waals surface area (Å²) in [6, 6.07) is 4.10. The average molecular weight is 296 g/mol. The predicted molar refractivity (Wildman–Crippen MR) is 77.9 cm³/mol. The minimum atomic E-state index is 0.241. The lowest BCUT2D eigenvalue weighted by Crippen LogP contribution is -2.21. The average Bonchev–Trinajstić information content (AvgIpc) is 3.09. The lowest BCUT2D eigenvalue weighted by Gasteiger charge is -2.15. The first-order chi connectivity index (χ1) is 9.31. The van der Waals surface area contributed by atoms with Gasteiger partial charge in [0, 0.05) is 18.0 Å². The Bertz CT molecular complexity index is 539. The third-order valence-electron chi connectivity index (χ3n) is 2.99. The van der Waals surface area contributed by atoms with Crippen LogP contribution in [0.4, 0.5) is 11.9 Å². The number of hydrogen-bond acceptors (Lipinski definition) is 6. The van der Waals surface area contributed by atoms with Crippen molar-refractivity contribution in [3.8, 4) is 0 Å². The number of nitrogens with zero attached hydrogens (tertiary/aromatic N) is 4. The second-order valence-corrected chi connectivity index (χ2v) is 5.73. The molecule has 0 bridgehead atoms. The Morgan fingerprint density at radius 3 is 2.84 bits per heavy atom. The van der Waals surface area contributed by atoms with E-state index in [4.69, 9.17) is 11.6 Å². The molecule has 1 fully saturated rings. The van der Waals surface area contributed by atoms with Crippen LogP contribution in [0.1, 0.15) is 17.7 Å². The van der Waals surface area contributed by atoms with Gasteiger partial charge in [0.25, 0.3) is 0 Å². The van der Waals surface area contributed by atoms with Gasteiger partial charge >= 0.3 is 0 Å². The highest BCUT2D eigenvalue weighted by molar-refractivity contribution is 7.09. The van der Waals surface area contributed by atoms with Crippen molar-refractivity contribution in [2.75, 3.05) is 23.3 Å². The Morgan fingerprint density at radius 2 is 2.11 bits per heavy atom. The molecule has 0 unspecified atom stereocenters. The van der Waals surface area contributed by atoms with E-state index in [0.717, 1.165) is 13.1 Å². The number of rotatable bonds is 4. The molecular formula is C12H14ClN5S. The minimum absolute atomic E-state index is 0.241. The summed E-state index contributed by atoms with van der Waals surface area (Å²) in [7, 11) is 0. The van der Waals surface area contributed by atoms with Gasteiger partial charge in [0.1, 0.15) is 0 Å². The van der Waals surface area contributed by atoms with Gasteiger partial charge in [0.05, 0.1) is 6.54 Å². The van der Waals surface area contributed by atoms with Crippen LogP contribution in [0.5, 0.6) is 0 Å². The van der Waals surface area contributed by atoms with Gasteiger partial charge in [0.2, 0.25) is 17.2 Å². The van der Waals surface area contributed by atoms with Crippen LogP contribution in [0.3, 0.4) is 0 Å². The normalized spacial score (nSPS) is 14.9. The Kier molecular flexibility index (Phi) is 3.79. The summed E-state index contributed by atoms with van der Waals surface area (Å²) < 4.78 is 0. The minimum Gasteiger partial charge on any atom is -0.349 e. The van der Waals surface area contributed by atoms with Gasteiger partial charge in [0.15, 0.2) is 0 Å². The molecular weight excluding hydrogens is 282 g/mol. The Hall–Kier alpha value is -1.40. The van der Waals surface area contributed by atoms with Crippen molar-refractivity contribution in [1.29, 1.82) is 0 Å². The van der Waals surface area contributed by atoms with Crippen LogP contribution in [-0.4, -0.2) is 28.0 Å². The zero-order chi connectivity index (χ0) is 13.1. The quantitative estimate of drug-likeness (QED) is 0.940.